The maximum absolute atomic E-state index is 12.1. The lowest BCUT2D eigenvalue weighted by molar-refractivity contribution is -0.144. The van der Waals surface area contributed by atoms with E-state index in [2.05, 4.69) is 6.92 Å². The summed E-state index contributed by atoms with van der Waals surface area (Å²) in [5.74, 6) is 0.572. The normalized spacial score (nSPS) is 10.1. The third kappa shape index (κ3) is 5.24. The number of methoxy groups -OCH3 is 2. The van der Waals surface area contributed by atoms with Crippen LogP contribution in [-0.4, -0.2) is 39.2 Å². The Balaban J connectivity index is 1.83. The van der Waals surface area contributed by atoms with Crippen molar-refractivity contribution in [1.29, 1.82) is 0 Å². The molecule has 26 heavy (non-hydrogen) atoms. The minimum atomic E-state index is -0.613. The predicted octanol–water partition coefficient (Wildman–Crippen LogP) is 3.07. The Kier molecular flexibility index (Phi) is 7.02. The highest BCUT2D eigenvalue weighted by Crippen LogP contribution is 2.27. The van der Waals surface area contributed by atoms with Crippen LogP contribution in [0, 0.1) is 0 Å². The number of ether oxygens (including phenoxy) is 4. The Morgan fingerprint density at radius 1 is 0.885 bits per heavy atom. The van der Waals surface area contributed by atoms with Crippen molar-refractivity contribution in [3.8, 4) is 17.2 Å². The van der Waals surface area contributed by atoms with Crippen LogP contribution in [0.15, 0.2) is 42.5 Å². The number of benzene rings is 2. The van der Waals surface area contributed by atoms with Crippen molar-refractivity contribution in [1.82, 2.24) is 0 Å². The molecular weight excluding hydrogens is 336 g/mol. The number of carbonyl (C=O) groups excluding carboxylic acids is 2. The molecule has 0 fully saturated rings. The number of hydrogen-bond donors (Lipinski definition) is 0. The summed E-state index contributed by atoms with van der Waals surface area (Å²) in [4.78, 5) is 23.9. The summed E-state index contributed by atoms with van der Waals surface area (Å²) < 4.78 is 20.6. The minimum Gasteiger partial charge on any atom is -0.493 e. The van der Waals surface area contributed by atoms with E-state index in [1.165, 1.54) is 19.8 Å². The van der Waals surface area contributed by atoms with Crippen LogP contribution in [0.2, 0.25) is 0 Å². The maximum Gasteiger partial charge on any atom is 0.344 e. The molecule has 0 heterocycles. The molecule has 0 saturated carbocycles. The maximum atomic E-state index is 12.1. The summed E-state index contributed by atoms with van der Waals surface area (Å²) in [5.41, 5.74) is 1.55. The van der Waals surface area contributed by atoms with Gasteiger partial charge in [0.25, 0.3) is 0 Å². The fourth-order valence-corrected chi connectivity index (χ4v) is 2.24. The van der Waals surface area contributed by atoms with Crippen molar-refractivity contribution in [3.05, 3.63) is 53.6 Å². The molecule has 0 unspecified atom stereocenters. The van der Waals surface area contributed by atoms with E-state index in [1.54, 1.807) is 30.3 Å². The highest BCUT2D eigenvalue weighted by molar-refractivity contribution is 5.98. The Bertz CT molecular complexity index is 751. The summed E-state index contributed by atoms with van der Waals surface area (Å²) in [6.45, 7) is 1.43. The molecule has 0 amide bonds. The number of ketones is 1. The van der Waals surface area contributed by atoms with Crippen molar-refractivity contribution >= 4 is 11.8 Å². The molecule has 2 aromatic carbocycles. The van der Waals surface area contributed by atoms with Crippen molar-refractivity contribution in [3.63, 3.8) is 0 Å². The van der Waals surface area contributed by atoms with Gasteiger partial charge in [0, 0.05) is 5.56 Å². The second-order valence-electron chi connectivity index (χ2n) is 5.44. The average Bonchev–Trinajstić information content (AvgIpc) is 2.70. The quantitative estimate of drug-likeness (QED) is 0.507. The molecule has 6 nitrogen and oxygen atoms in total. The predicted molar refractivity (Wildman–Crippen MR) is 96.2 cm³/mol. The summed E-state index contributed by atoms with van der Waals surface area (Å²) >= 11 is 0. The molecular formula is C20H22O6. The first-order valence-corrected chi connectivity index (χ1v) is 8.20. The first-order chi connectivity index (χ1) is 12.6. The molecule has 0 bridgehead atoms. The van der Waals surface area contributed by atoms with Crippen LogP contribution in [0.1, 0.15) is 22.8 Å². The molecule has 0 saturated heterocycles. The van der Waals surface area contributed by atoms with Crippen molar-refractivity contribution in [2.24, 2.45) is 0 Å². The van der Waals surface area contributed by atoms with Gasteiger partial charge in [-0.2, -0.15) is 0 Å². The summed E-state index contributed by atoms with van der Waals surface area (Å²) in [6.07, 6.45) is 0.931. The fourth-order valence-electron chi connectivity index (χ4n) is 2.24. The van der Waals surface area contributed by atoms with Crippen molar-refractivity contribution in [2.45, 2.75) is 13.3 Å². The third-order valence-corrected chi connectivity index (χ3v) is 3.76. The highest BCUT2D eigenvalue weighted by atomic mass is 16.6. The standard InChI is InChI=1S/C20H22O6/c1-4-14-5-8-16(9-6-14)25-13-20(22)26-12-17(21)15-7-10-18(23-2)19(11-15)24-3/h5-11H,4,12-13H2,1-3H3. The van der Waals surface area contributed by atoms with Gasteiger partial charge in [0.2, 0.25) is 0 Å². The zero-order valence-corrected chi connectivity index (χ0v) is 15.1. The van der Waals surface area contributed by atoms with Gasteiger partial charge in [0.15, 0.2) is 30.5 Å². The number of esters is 1. The number of Topliss-reactive ketones (excluding diaryl/α,β-unsaturated/α-hetero) is 1. The van der Waals surface area contributed by atoms with Gasteiger partial charge in [-0.25, -0.2) is 4.79 Å². The molecule has 2 aromatic rings. The van der Waals surface area contributed by atoms with E-state index >= 15 is 0 Å². The van der Waals surface area contributed by atoms with Crippen LogP contribution >= 0.6 is 0 Å². The van der Waals surface area contributed by atoms with E-state index in [0.29, 0.717) is 22.8 Å². The third-order valence-electron chi connectivity index (χ3n) is 3.76. The molecule has 0 N–H and O–H groups in total. The van der Waals surface area contributed by atoms with E-state index in [1.807, 2.05) is 12.1 Å². The number of aryl methyl sites for hydroxylation is 1. The van der Waals surface area contributed by atoms with Gasteiger partial charge in [-0.1, -0.05) is 19.1 Å². The van der Waals surface area contributed by atoms with Gasteiger partial charge < -0.3 is 18.9 Å². The van der Waals surface area contributed by atoms with Gasteiger partial charge in [0.05, 0.1) is 14.2 Å². The molecule has 138 valence electrons. The van der Waals surface area contributed by atoms with E-state index in [9.17, 15) is 9.59 Å². The topological polar surface area (TPSA) is 71.1 Å². The summed E-state index contributed by atoms with van der Waals surface area (Å²) in [7, 11) is 2.99. The monoisotopic (exact) mass is 358 g/mol. The summed E-state index contributed by atoms with van der Waals surface area (Å²) in [6, 6.07) is 12.2. The smallest absolute Gasteiger partial charge is 0.344 e. The van der Waals surface area contributed by atoms with E-state index < -0.39 is 5.97 Å². The number of carbonyl (C=O) groups is 2. The van der Waals surface area contributed by atoms with Crippen LogP contribution in [0.5, 0.6) is 17.2 Å². The average molecular weight is 358 g/mol. The first kappa shape index (κ1) is 19.3. The van der Waals surface area contributed by atoms with Gasteiger partial charge in [-0.3, -0.25) is 4.79 Å². The lowest BCUT2D eigenvalue weighted by atomic mass is 10.1. The van der Waals surface area contributed by atoms with Crippen molar-refractivity contribution in [2.75, 3.05) is 27.4 Å². The van der Waals surface area contributed by atoms with Crippen LogP contribution in [0.3, 0.4) is 0 Å². The minimum absolute atomic E-state index is 0.259. The Labute approximate surface area is 152 Å². The largest absolute Gasteiger partial charge is 0.493 e. The fraction of sp³-hybridized carbons (Fsp3) is 0.300. The van der Waals surface area contributed by atoms with Gasteiger partial charge >= 0.3 is 5.97 Å². The number of hydrogen-bond acceptors (Lipinski definition) is 6. The van der Waals surface area contributed by atoms with Crippen molar-refractivity contribution < 1.29 is 28.5 Å². The zero-order valence-electron chi connectivity index (χ0n) is 15.1. The lowest BCUT2D eigenvalue weighted by Crippen LogP contribution is -2.19. The van der Waals surface area contributed by atoms with Crippen LogP contribution in [-0.2, 0) is 16.0 Å². The molecule has 0 aliphatic carbocycles. The molecule has 6 heteroatoms. The Hall–Kier alpha value is -3.02. The molecule has 0 aromatic heterocycles. The van der Waals surface area contributed by atoms with Gasteiger partial charge in [-0.15, -0.1) is 0 Å². The van der Waals surface area contributed by atoms with E-state index in [0.717, 1.165) is 6.42 Å². The second kappa shape index (κ2) is 9.46. The number of rotatable bonds is 9. The molecule has 0 aliphatic heterocycles. The highest BCUT2D eigenvalue weighted by Gasteiger charge is 2.13. The first-order valence-electron chi connectivity index (χ1n) is 8.20. The lowest BCUT2D eigenvalue weighted by Gasteiger charge is -2.10. The molecule has 0 radical (unpaired) electrons. The Morgan fingerprint density at radius 3 is 2.19 bits per heavy atom. The SMILES string of the molecule is CCc1ccc(OCC(=O)OCC(=O)c2ccc(OC)c(OC)c2)cc1. The van der Waals surface area contributed by atoms with E-state index in [-0.39, 0.29) is 19.0 Å². The summed E-state index contributed by atoms with van der Waals surface area (Å²) in [5, 5.41) is 0. The zero-order chi connectivity index (χ0) is 18.9. The molecule has 0 atom stereocenters. The van der Waals surface area contributed by atoms with E-state index in [4.69, 9.17) is 18.9 Å². The van der Waals surface area contributed by atoms with Crippen LogP contribution < -0.4 is 14.2 Å². The van der Waals surface area contributed by atoms with Gasteiger partial charge in [0.1, 0.15) is 5.75 Å². The molecule has 0 spiro atoms. The van der Waals surface area contributed by atoms with Gasteiger partial charge in [-0.05, 0) is 42.3 Å². The van der Waals surface area contributed by atoms with Crippen LogP contribution in [0.4, 0.5) is 0 Å². The van der Waals surface area contributed by atoms with Crippen LogP contribution in [0.25, 0.3) is 0 Å². The Morgan fingerprint density at radius 2 is 1.58 bits per heavy atom. The molecule has 2 rings (SSSR count). The molecule has 0 aliphatic rings. The second-order valence-corrected chi connectivity index (χ2v) is 5.44.